The Bertz CT molecular complexity index is 1050. The van der Waals surface area contributed by atoms with E-state index in [4.69, 9.17) is 9.47 Å². The molecule has 0 aromatic heterocycles. The molecule has 0 aliphatic carbocycles. The highest BCUT2D eigenvalue weighted by molar-refractivity contribution is 9.09. The van der Waals surface area contributed by atoms with Gasteiger partial charge in [-0.05, 0) is 54.1 Å². The molecule has 0 spiro atoms. The van der Waals surface area contributed by atoms with Crippen LogP contribution in [0.5, 0.6) is 5.75 Å². The Balaban J connectivity index is 1.81. The van der Waals surface area contributed by atoms with Gasteiger partial charge in [0.1, 0.15) is 17.6 Å². The number of hydrogen-bond donors (Lipinski definition) is 1. The zero-order chi connectivity index (χ0) is 22.9. The Morgan fingerprint density at radius 2 is 1.69 bits per heavy atom. The molecule has 5 nitrogen and oxygen atoms in total. The van der Waals surface area contributed by atoms with Gasteiger partial charge in [0.25, 0.3) is 0 Å². The Morgan fingerprint density at radius 3 is 2.34 bits per heavy atom. The Kier molecular flexibility index (Phi) is 8.39. The van der Waals surface area contributed by atoms with Crippen LogP contribution in [0.25, 0.3) is 0 Å². The second-order valence-electron chi connectivity index (χ2n) is 6.99. The number of esters is 1. The maximum atomic E-state index is 13.2. The number of halogens is 2. The minimum absolute atomic E-state index is 0.273. The van der Waals surface area contributed by atoms with Crippen molar-refractivity contribution in [3.05, 3.63) is 95.3 Å². The van der Waals surface area contributed by atoms with Crippen molar-refractivity contribution in [3.8, 4) is 5.75 Å². The Hall–Kier alpha value is -3.19. The molecule has 1 N–H and O–H groups in total. The van der Waals surface area contributed by atoms with Gasteiger partial charge in [-0.15, -0.1) is 0 Å². The topological polar surface area (TPSA) is 64.6 Å². The number of carbonyl (C=O) groups is 2. The van der Waals surface area contributed by atoms with Crippen molar-refractivity contribution < 1.29 is 23.5 Å². The Morgan fingerprint density at radius 1 is 1.00 bits per heavy atom. The molecule has 3 aromatic carbocycles. The van der Waals surface area contributed by atoms with Crippen molar-refractivity contribution >= 4 is 33.4 Å². The first-order valence-corrected chi connectivity index (χ1v) is 11.2. The molecule has 166 valence electrons. The minimum atomic E-state index is -0.712. The smallest absolute Gasteiger partial charge is 0.328 e. The van der Waals surface area contributed by atoms with E-state index in [1.165, 1.54) is 31.4 Å². The first-order valence-electron chi connectivity index (χ1n) is 10.0. The number of methoxy groups -OCH3 is 1. The summed E-state index contributed by atoms with van der Waals surface area (Å²) in [4.78, 5) is 25.5. The zero-order valence-electron chi connectivity index (χ0n) is 17.5. The summed E-state index contributed by atoms with van der Waals surface area (Å²) >= 11 is 3.32. The fourth-order valence-corrected chi connectivity index (χ4v) is 3.36. The van der Waals surface area contributed by atoms with Gasteiger partial charge >= 0.3 is 5.97 Å². The van der Waals surface area contributed by atoms with Gasteiger partial charge in [-0.3, -0.25) is 4.79 Å². The SMILES string of the molecule is COC(=O)C(Cc1ccc(OCCBr)cc1)Nc1ccccc1C(=O)c1ccc(F)cc1. The van der Waals surface area contributed by atoms with Gasteiger partial charge in [-0.2, -0.15) is 0 Å². The van der Waals surface area contributed by atoms with E-state index in [1.54, 1.807) is 24.3 Å². The first-order chi connectivity index (χ1) is 15.5. The summed E-state index contributed by atoms with van der Waals surface area (Å²) in [6.45, 7) is 0.560. The number of rotatable bonds is 10. The lowest BCUT2D eigenvalue weighted by molar-refractivity contribution is -0.141. The van der Waals surface area contributed by atoms with Gasteiger partial charge in [0.05, 0.1) is 13.7 Å². The van der Waals surface area contributed by atoms with Gasteiger partial charge in [-0.25, -0.2) is 9.18 Å². The van der Waals surface area contributed by atoms with Crippen molar-refractivity contribution in [2.24, 2.45) is 0 Å². The average Bonchev–Trinajstić information content (AvgIpc) is 2.83. The van der Waals surface area contributed by atoms with Crippen LogP contribution in [0, 0.1) is 5.82 Å². The molecule has 0 aliphatic heterocycles. The van der Waals surface area contributed by atoms with Crippen LogP contribution < -0.4 is 10.1 Å². The molecule has 0 heterocycles. The molecule has 1 atom stereocenters. The zero-order valence-corrected chi connectivity index (χ0v) is 19.1. The number of nitrogens with one attached hydrogen (secondary N) is 1. The van der Waals surface area contributed by atoms with Crippen LogP contribution >= 0.6 is 15.9 Å². The lowest BCUT2D eigenvalue weighted by Gasteiger charge is -2.20. The molecule has 0 aliphatic rings. The van der Waals surface area contributed by atoms with E-state index in [0.717, 1.165) is 16.6 Å². The maximum absolute atomic E-state index is 13.2. The third-order valence-corrected chi connectivity index (χ3v) is 5.13. The monoisotopic (exact) mass is 499 g/mol. The van der Waals surface area contributed by atoms with Crippen LogP contribution in [-0.2, 0) is 16.0 Å². The molecule has 0 radical (unpaired) electrons. The predicted octanol–water partition coefficient (Wildman–Crippen LogP) is 5.03. The third-order valence-electron chi connectivity index (χ3n) is 4.80. The van der Waals surface area contributed by atoms with Crippen molar-refractivity contribution in [2.75, 3.05) is 24.4 Å². The quantitative estimate of drug-likeness (QED) is 0.241. The van der Waals surface area contributed by atoms with Gasteiger partial charge in [0, 0.05) is 28.6 Å². The van der Waals surface area contributed by atoms with Crippen molar-refractivity contribution in [1.29, 1.82) is 0 Å². The van der Waals surface area contributed by atoms with Gasteiger partial charge in [0.15, 0.2) is 5.78 Å². The van der Waals surface area contributed by atoms with Gasteiger partial charge in [-0.1, -0.05) is 40.2 Å². The van der Waals surface area contributed by atoms with E-state index in [9.17, 15) is 14.0 Å². The standard InChI is InChI=1S/C25H23BrFNO4/c1-31-25(30)23(16-17-6-12-20(13-7-17)32-15-14-26)28-22-5-3-2-4-21(22)24(29)18-8-10-19(27)11-9-18/h2-13,23,28H,14-16H2,1H3. The molecule has 32 heavy (non-hydrogen) atoms. The van der Waals surface area contributed by atoms with Crippen LogP contribution in [0.4, 0.5) is 10.1 Å². The second-order valence-corrected chi connectivity index (χ2v) is 7.78. The van der Waals surface area contributed by atoms with Crippen LogP contribution in [0.15, 0.2) is 72.8 Å². The molecule has 0 bridgehead atoms. The summed E-state index contributed by atoms with van der Waals surface area (Å²) in [6, 6.07) is 19.0. The summed E-state index contributed by atoms with van der Waals surface area (Å²) in [5, 5.41) is 3.89. The van der Waals surface area contributed by atoms with Crippen molar-refractivity contribution in [1.82, 2.24) is 0 Å². The van der Waals surface area contributed by atoms with Crippen LogP contribution in [0.3, 0.4) is 0 Å². The number of hydrogen-bond acceptors (Lipinski definition) is 5. The summed E-state index contributed by atoms with van der Waals surface area (Å²) < 4.78 is 23.8. The summed E-state index contributed by atoms with van der Waals surface area (Å²) in [7, 11) is 1.32. The van der Waals surface area contributed by atoms with Gasteiger partial charge in [0.2, 0.25) is 0 Å². The molecule has 0 saturated heterocycles. The molecule has 0 amide bonds. The number of ketones is 1. The lowest BCUT2D eigenvalue weighted by atomic mass is 10.00. The largest absolute Gasteiger partial charge is 0.493 e. The number of ether oxygens (including phenoxy) is 2. The molecule has 1 unspecified atom stereocenters. The van der Waals surface area contributed by atoms with Crippen molar-refractivity contribution in [3.63, 3.8) is 0 Å². The first kappa shape index (κ1) is 23.5. The van der Waals surface area contributed by atoms with E-state index in [1.807, 2.05) is 24.3 Å². The molecular weight excluding hydrogens is 477 g/mol. The lowest BCUT2D eigenvalue weighted by Crippen LogP contribution is -2.33. The number of carbonyl (C=O) groups excluding carboxylic acids is 2. The number of para-hydroxylation sites is 1. The average molecular weight is 500 g/mol. The van der Waals surface area contributed by atoms with Crippen LogP contribution in [-0.4, -0.2) is 36.8 Å². The fraction of sp³-hybridized carbons (Fsp3) is 0.200. The van der Waals surface area contributed by atoms with Crippen molar-refractivity contribution in [2.45, 2.75) is 12.5 Å². The van der Waals surface area contributed by atoms with E-state index in [2.05, 4.69) is 21.2 Å². The number of alkyl halides is 1. The third kappa shape index (κ3) is 6.17. The fourth-order valence-electron chi connectivity index (χ4n) is 3.20. The highest BCUT2D eigenvalue weighted by Gasteiger charge is 2.22. The number of benzene rings is 3. The second kappa shape index (κ2) is 11.4. The van der Waals surface area contributed by atoms with E-state index < -0.39 is 17.8 Å². The van der Waals surface area contributed by atoms with E-state index in [-0.39, 0.29) is 5.78 Å². The summed E-state index contributed by atoms with van der Waals surface area (Å²) in [6.07, 6.45) is 0.352. The highest BCUT2D eigenvalue weighted by atomic mass is 79.9. The molecule has 0 fully saturated rings. The molecule has 0 saturated carbocycles. The normalized spacial score (nSPS) is 11.5. The Labute approximate surface area is 194 Å². The van der Waals surface area contributed by atoms with E-state index >= 15 is 0 Å². The maximum Gasteiger partial charge on any atom is 0.328 e. The minimum Gasteiger partial charge on any atom is -0.493 e. The predicted molar refractivity (Wildman–Crippen MR) is 125 cm³/mol. The number of anilines is 1. The molecule has 3 rings (SSSR count). The molecular formula is C25H23BrFNO4. The molecule has 3 aromatic rings. The summed E-state index contributed by atoms with van der Waals surface area (Å²) in [5.41, 5.74) is 2.14. The van der Waals surface area contributed by atoms with Crippen LogP contribution in [0.1, 0.15) is 21.5 Å². The van der Waals surface area contributed by atoms with E-state index in [0.29, 0.717) is 29.8 Å². The van der Waals surface area contributed by atoms with Gasteiger partial charge < -0.3 is 14.8 Å². The molecule has 7 heteroatoms. The van der Waals surface area contributed by atoms with Crippen LogP contribution in [0.2, 0.25) is 0 Å². The summed E-state index contributed by atoms with van der Waals surface area (Å²) in [5.74, 6) is -0.396. The highest BCUT2D eigenvalue weighted by Crippen LogP contribution is 2.22.